The lowest BCUT2D eigenvalue weighted by atomic mass is 10.0. The van der Waals surface area contributed by atoms with E-state index >= 15 is 0 Å². The van der Waals surface area contributed by atoms with Gasteiger partial charge in [-0.1, -0.05) is 36.3 Å². The first kappa shape index (κ1) is 24.2. The molecule has 3 aromatic rings. The molecule has 0 saturated carbocycles. The molecule has 1 unspecified atom stereocenters. The summed E-state index contributed by atoms with van der Waals surface area (Å²) in [4.78, 5) is 41.1. The van der Waals surface area contributed by atoms with E-state index in [9.17, 15) is 14.4 Å². The highest BCUT2D eigenvalue weighted by Gasteiger charge is 2.24. The Balaban J connectivity index is 1.51. The van der Waals surface area contributed by atoms with Crippen molar-refractivity contribution in [2.45, 2.75) is 19.4 Å². The van der Waals surface area contributed by atoms with Gasteiger partial charge in [0.25, 0.3) is 11.8 Å². The lowest BCUT2D eigenvalue weighted by Gasteiger charge is -2.28. The minimum absolute atomic E-state index is 0.0614. The fraction of sp³-hybridized carbons (Fsp3) is 0.222. The third-order valence-electron chi connectivity index (χ3n) is 5.62. The van der Waals surface area contributed by atoms with Crippen LogP contribution >= 0.6 is 11.3 Å². The third kappa shape index (κ3) is 5.96. The van der Waals surface area contributed by atoms with Gasteiger partial charge in [0.05, 0.1) is 16.4 Å². The minimum Gasteiger partial charge on any atom is -0.370 e. The average molecular weight is 488 g/mol. The summed E-state index contributed by atoms with van der Waals surface area (Å²) in [5, 5.41) is 5.75. The Hall–Kier alpha value is -3.93. The van der Waals surface area contributed by atoms with E-state index in [0.717, 1.165) is 16.8 Å². The molecule has 2 aromatic carbocycles. The zero-order valence-electron chi connectivity index (χ0n) is 19.2. The average Bonchev–Trinajstić information content (AvgIpc) is 3.35. The molecule has 0 bridgehead atoms. The van der Waals surface area contributed by atoms with Crippen molar-refractivity contribution in [1.29, 1.82) is 0 Å². The Bertz CT molecular complexity index is 1280. The second-order valence-corrected chi connectivity index (χ2v) is 9.20. The number of rotatable bonds is 7. The first-order valence-electron chi connectivity index (χ1n) is 11.2. The van der Waals surface area contributed by atoms with Gasteiger partial charge in [-0.3, -0.25) is 14.4 Å². The Morgan fingerprint density at radius 3 is 2.66 bits per heavy atom. The number of carbonyl (C=O) groups excluding carboxylic acids is 3. The summed E-state index contributed by atoms with van der Waals surface area (Å²) in [6, 6.07) is 17.4. The van der Waals surface area contributed by atoms with Crippen LogP contribution in [0.3, 0.4) is 0 Å². The molecule has 0 radical (unpaired) electrons. The van der Waals surface area contributed by atoms with Crippen molar-refractivity contribution in [2.75, 3.05) is 30.0 Å². The maximum Gasteiger partial charge on any atom is 0.262 e. The van der Waals surface area contributed by atoms with Gasteiger partial charge in [-0.25, -0.2) is 0 Å². The van der Waals surface area contributed by atoms with E-state index in [-0.39, 0.29) is 24.3 Å². The van der Waals surface area contributed by atoms with Crippen LogP contribution in [0.15, 0.2) is 60.7 Å². The maximum atomic E-state index is 13.3. The van der Waals surface area contributed by atoms with Gasteiger partial charge in [0.2, 0.25) is 5.91 Å². The van der Waals surface area contributed by atoms with Gasteiger partial charge in [-0.15, -0.1) is 17.8 Å². The molecule has 4 rings (SSSR count). The van der Waals surface area contributed by atoms with Crippen LogP contribution in [0.5, 0.6) is 0 Å². The van der Waals surface area contributed by atoms with Crippen molar-refractivity contribution >= 4 is 40.4 Å². The summed E-state index contributed by atoms with van der Waals surface area (Å²) >= 11 is 1.20. The largest absolute Gasteiger partial charge is 0.370 e. The van der Waals surface area contributed by atoms with E-state index in [1.54, 1.807) is 23.1 Å². The lowest BCUT2D eigenvalue weighted by molar-refractivity contribution is -0.125. The number of thiophene rings is 1. The van der Waals surface area contributed by atoms with Crippen LogP contribution in [0.1, 0.15) is 25.7 Å². The number of morpholine rings is 1. The van der Waals surface area contributed by atoms with Crippen LogP contribution in [0.25, 0.3) is 0 Å². The van der Waals surface area contributed by atoms with Gasteiger partial charge >= 0.3 is 0 Å². The van der Waals surface area contributed by atoms with E-state index in [4.69, 9.17) is 11.2 Å². The summed E-state index contributed by atoms with van der Waals surface area (Å²) in [5.74, 6) is 1.72. The number of amides is 3. The van der Waals surface area contributed by atoms with Crippen LogP contribution in [0.4, 0.5) is 11.4 Å². The molecule has 0 aliphatic carbocycles. The number of terminal acetylenes is 1. The van der Waals surface area contributed by atoms with Crippen molar-refractivity contribution in [3.8, 4) is 12.3 Å². The summed E-state index contributed by atoms with van der Waals surface area (Å²) < 4.78 is 5.20. The molecule has 178 valence electrons. The molecule has 8 heteroatoms. The van der Waals surface area contributed by atoms with Gasteiger partial charge in [0.1, 0.15) is 12.6 Å². The molecular formula is C27H25N3O4S. The lowest BCUT2D eigenvalue weighted by Crippen LogP contribution is -2.45. The third-order valence-corrected chi connectivity index (χ3v) is 6.63. The molecule has 0 spiro atoms. The van der Waals surface area contributed by atoms with Gasteiger partial charge in [-0.2, -0.15) is 0 Å². The topological polar surface area (TPSA) is 87.7 Å². The molecule has 35 heavy (non-hydrogen) atoms. The Labute approximate surface area is 208 Å². The Morgan fingerprint density at radius 1 is 1.17 bits per heavy atom. The van der Waals surface area contributed by atoms with Crippen molar-refractivity contribution in [3.05, 3.63) is 81.5 Å². The van der Waals surface area contributed by atoms with Crippen molar-refractivity contribution in [2.24, 2.45) is 0 Å². The van der Waals surface area contributed by atoms with Crippen LogP contribution in [-0.4, -0.2) is 43.5 Å². The predicted octanol–water partition coefficient (Wildman–Crippen LogP) is 3.38. The minimum atomic E-state index is -0.804. The normalized spacial score (nSPS) is 14.2. The highest BCUT2D eigenvalue weighted by Crippen LogP contribution is 2.25. The van der Waals surface area contributed by atoms with Crippen LogP contribution in [0, 0.1) is 19.3 Å². The fourth-order valence-electron chi connectivity index (χ4n) is 3.86. The monoisotopic (exact) mass is 487 g/mol. The number of aryl methyl sites for hydroxylation is 1. The number of benzene rings is 2. The quantitative estimate of drug-likeness (QED) is 0.500. The molecule has 1 aliphatic rings. The molecule has 2 N–H and O–H groups in total. The first-order chi connectivity index (χ1) is 16.9. The summed E-state index contributed by atoms with van der Waals surface area (Å²) in [7, 11) is 0. The molecule has 1 fully saturated rings. The zero-order chi connectivity index (χ0) is 24.8. The maximum absolute atomic E-state index is 13.3. The molecule has 2 heterocycles. The highest BCUT2D eigenvalue weighted by atomic mass is 32.1. The summed E-state index contributed by atoms with van der Waals surface area (Å²) in [6.07, 6.45) is 5.74. The van der Waals surface area contributed by atoms with E-state index < -0.39 is 6.04 Å². The molecule has 1 saturated heterocycles. The smallest absolute Gasteiger partial charge is 0.262 e. The van der Waals surface area contributed by atoms with Gasteiger partial charge in [0.15, 0.2) is 0 Å². The molecule has 1 atom stereocenters. The summed E-state index contributed by atoms with van der Waals surface area (Å²) in [6.45, 7) is 2.92. The first-order valence-corrected chi connectivity index (χ1v) is 12.0. The SMILES string of the molecule is C#Cc1ccc(C(=O)NC(Cc2ccccc2)C(=O)Nc2ccc(N3CCOCC3=O)c(C)c2)s1. The fourth-order valence-corrected chi connectivity index (χ4v) is 4.58. The van der Waals surface area contributed by atoms with Crippen molar-refractivity contribution in [1.82, 2.24) is 5.32 Å². The number of hydrogen-bond acceptors (Lipinski definition) is 5. The number of nitrogens with one attached hydrogen (secondary N) is 2. The number of ether oxygens (including phenoxy) is 1. The number of nitrogens with zero attached hydrogens (tertiary/aromatic N) is 1. The van der Waals surface area contributed by atoms with Crippen LogP contribution in [-0.2, 0) is 20.7 Å². The Morgan fingerprint density at radius 2 is 1.97 bits per heavy atom. The predicted molar refractivity (Wildman–Crippen MR) is 137 cm³/mol. The second kappa shape index (κ2) is 11.0. The number of carbonyl (C=O) groups is 3. The highest BCUT2D eigenvalue weighted by molar-refractivity contribution is 7.14. The van der Waals surface area contributed by atoms with Gasteiger partial charge in [-0.05, 0) is 48.4 Å². The van der Waals surface area contributed by atoms with Gasteiger partial charge < -0.3 is 20.3 Å². The van der Waals surface area contributed by atoms with E-state index in [0.29, 0.717) is 35.0 Å². The number of anilines is 2. The molecule has 1 aliphatic heterocycles. The molecule has 3 amide bonds. The number of hydrogen-bond donors (Lipinski definition) is 2. The Kier molecular flexibility index (Phi) is 7.60. The van der Waals surface area contributed by atoms with E-state index in [2.05, 4.69) is 16.6 Å². The van der Waals surface area contributed by atoms with Crippen molar-refractivity contribution in [3.63, 3.8) is 0 Å². The van der Waals surface area contributed by atoms with Crippen molar-refractivity contribution < 1.29 is 19.1 Å². The molecule has 1 aromatic heterocycles. The molecule has 7 nitrogen and oxygen atoms in total. The van der Waals surface area contributed by atoms with E-state index in [1.165, 1.54) is 11.3 Å². The second-order valence-electron chi connectivity index (χ2n) is 8.11. The van der Waals surface area contributed by atoms with Crippen LogP contribution < -0.4 is 15.5 Å². The zero-order valence-corrected chi connectivity index (χ0v) is 20.1. The van der Waals surface area contributed by atoms with Crippen LogP contribution in [0.2, 0.25) is 0 Å². The summed E-state index contributed by atoms with van der Waals surface area (Å²) in [5.41, 5.74) is 3.13. The van der Waals surface area contributed by atoms with Gasteiger partial charge in [0, 0.05) is 24.3 Å². The van der Waals surface area contributed by atoms with E-state index in [1.807, 2.05) is 49.4 Å². The molecular weight excluding hydrogens is 462 g/mol. The standard InChI is InChI=1S/C27H25N3O4S/c1-3-21-10-12-24(35-21)27(33)29-22(16-19-7-5-4-6-8-19)26(32)28-20-9-11-23(18(2)15-20)30-13-14-34-17-25(30)31/h1,4-12,15,22H,13-14,16-17H2,2H3,(H,28,32)(H,29,33).